The Hall–Kier alpha value is -2.28. The summed E-state index contributed by atoms with van der Waals surface area (Å²) in [6.45, 7) is 5.36. The van der Waals surface area contributed by atoms with E-state index in [-0.39, 0.29) is 25.3 Å². The van der Waals surface area contributed by atoms with Crippen LogP contribution in [-0.2, 0) is 19.1 Å². The molecule has 0 radical (unpaired) electrons. The van der Waals surface area contributed by atoms with Gasteiger partial charge in [-0.3, -0.25) is 9.59 Å². The predicted molar refractivity (Wildman–Crippen MR) is 97.8 cm³/mol. The number of ether oxygens (including phenoxy) is 2. The van der Waals surface area contributed by atoms with Crippen LogP contribution in [0.15, 0.2) is 24.3 Å². The van der Waals surface area contributed by atoms with Gasteiger partial charge in [-0.1, -0.05) is 29.8 Å². The molecule has 8 heteroatoms. The third-order valence-electron chi connectivity index (χ3n) is 3.23. The maximum absolute atomic E-state index is 12.2. The molecule has 2 amide bonds. The summed E-state index contributed by atoms with van der Waals surface area (Å²) < 4.78 is 9.77. The van der Waals surface area contributed by atoms with Crippen LogP contribution in [0.4, 0.5) is 4.79 Å². The maximum Gasteiger partial charge on any atom is 0.407 e. The quantitative estimate of drug-likeness (QED) is 0.705. The van der Waals surface area contributed by atoms with E-state index in [2.05, 4.69) is 15.4 Å². The van der Waals surface area contributed by atoms with Crippen LogP contribution in [0.5, 0.6) is 0 Å². The molecule has 1 rings (SSSR count). The number of methoxy groups -OCH3 is 1. The van der Waals surface area contributed by atoms with Crippen LogP contribution in [0, 0.1) is 0 Å². The summed E-state index contributed by atoms with van der Waals surface area (Å²) in [7, 11) is 1.28. The van der Waals surface area contributed by atoms with Gasteiger partial charge in [-0.15, -0.1) is 0 Å². The number of carbonyl (C=O) groups excluding carboxylic acids is 3. The number of halogens is 1. The number of nitrogens with one attached hydrogen (secondary N) is 2. The van der Waals surface area contributed by atoms with Crippen LogP contribution in [0.3, 0.4) is 0 Å². The fourth-order valence-corrected chi connectivity index (χ4v) is 2.37. The molecule has 1 aromatic carbocycles. The number of benzene rings is 1. The highest BCUT2D eigenvalue weighted by atomic mass is 35.5. The van der Waals surface area contributed by atoms with Gasteiger partial charge in [0.2, 0.25) is 5.91 Å². The fourth-order valence-electron chi connectivity index (χ4n) is 2.11. The molecule has 0 heterocycles. The van der Waals surface area contributed by atoms with Crippen molar-refractivity contribution in [1.29, 1.82) is 0 Å². The Bertz CT molecular complexity index is 643. The van der Waals surface area contributed by atoms with Gasteiger partial charge in [-0.25, -0.2) is 4.79 Å². The molecule has 144 valence electrons. The first-order valence-electron chi connectivity index (χ1n) is 8.20. The van der Waals surface area contributed by atoms with E-state index in [4.69, 9.17) is 16.3 Å². The molecule has 0 aliphatic rings. The maximum atomic E-state index is 12.2. The Kier molecular flexibility index (Phi) is 8.38. The molecular weight excluding hydrogens is 360 g/mol. The molecule has 0 spiro atoms. The molecular formula is C18H25ClN2O5. The van der Waals surface area contributed by atoms with Crippen molar-refractivity contribution in [3.05, 3.63) is 34.9 Å². The third kappa shape index (κ3) is 8.20. The molecule has 2 N–H and O–H groups in total. The number of rotatable bonds is 7. The van der Waals surface area contributed by atoms with E-state index in [0.717, 1.165) is 0 Å². The molecule has 1 unspecified atom stereocenters. The zero-order valence-corrected chi connectivity index (χ0v) is 16.2. The molecule has 0 aromatic heterocycles. The summed E-state index contributed by atoms with van der Waals surface area (Å²) >= 11 is 6.16. The van der Waals surface area contributed by atoms with Crippen molar-refractivity contribution in [2.45, 2.75) is 45.3 Å². The van der Waals surface area contributed by atoms with Crippen molar-refractivity contribution in [2.24, 2.45) is 0 Å². The van der Waals surface area contributed by atoms with Crippen molar-refractivity contribution in [1.82, 2.24) is 10.6 Å². The second-order valence-electron chi connectivity index (χ2n) is 6.60. The van der Waals surface area contributed by atoms with E-state index in [0.29, 0.717) is 10.6 Å². The smallest absolute Gasteiger partial charge is 0.407 e. The van der Waals surface area contributed by atoms with E-state index in [1.807, 2.05) is 0 Å². The summed E-state index contributed by atoms with van der Waals surface area (Å²) in [6, 6.07) is 6.31. The lowest BCUT2D eigenvalue weighted by Gasteiger charge is -2.20. The molecule has 0 saturated heterocycles. The molecule has 0 aliphatic carbocycles. The van der Waals surface area contributed by atoms with Gasteiger partial charge >= 0.3 is 12.1 Å². The van der Waals surface area contributed by atoms with Gasteiger partial charge in [-0.2, -0.15) is 0 Å². The highest BCUT2D eigenvalue weighted by molar-refractivity contribution is 6.31. The number of hydrogen-bond acceptors (Lipinski definition) is 5. The largest absolute Gasteiger partial charge is 0.469 e. The van der Waals surface area contributed by atoms with E-state index in [1.54, 1.807) is 45.0 Å². The van der Waals surface area contributed by atoms with Gasteiger partial charge in [0.1, 0.15) is 5.60 Å². The minimum absolute atomic E-state index is 0.0291. The lowest BCUT2D eigenvalue weighted by Crippen LogP contribution is -2.36. The summed E-state index contributed by atoms with van der Waals surface area (Å²) in [5, 5.41) is 5.69. The molecule has 0 aliphatic heterocycles. The topological polar surface area (TPSA) is 93.7 Å². The van der Waals surface area contributed by atoms with Crippen molar-refractivity contribution in [2.75, 3.05) is 13.7 Å². The van der Waals surface area contributed by atoms with Crippen molar-refractivity contribution in [3.63, 3.8) is 0 Å². The van der Waals surface area contributed by atoms with E-state index in [1.165, 1.54) is 7.11 Å². The molecule has 0 bridgehead atoms. The number of carbonyl (C=O) groups is 3. The van der Waals surface area contributed by atoms with Crippen LogP contribution in [0.2, 0.25) is 5.02 Å². The van der Waals surface area contributed by atoms with Gasteiger partial charge in [0.15, 0.2) is 0 Å². The van der Waals surface area contributed by atoms with Crippen LogP contribution in [-0.4, -0.2) is 37.2 Å². The Morgan fingerprint density at radius 1 is 1.19 bits per heavy atom. The van der Waals surface area contributed by atoms with Gasteiger partial charge in [0.05, 0.1) is 19.6 Å². The Labute approximate surface area is 158 Å². The van der Waals surface area contributed by atoms with E-state index in [9.17, 15) is 14.4 Å². The van der Waals surface area contributed by atoms with Crippen molar-refractivity contribution in [3.8, 4) is 0 Å². The SMILES string of the molecule is COC(=O)CC(NC(=O)CCNC(=O)OC(C)(C)C)c1ccccc1Cl. The Morgan fingerprint density at radius 3 is 2.42 bits per heavy atom. The summed E-state index contributed by atoms with van der Waals surface area (Å²) in [4.78, 5) is 35.4. The number of hydrogen-bond donors (Lipinski definition) is 2. The molecule has 1 atom stereocenters. The first-order valence-corrected chi connectivity index (χ1v) is 8.57. The van der Waals surface area contributed by atoms with Gasteiger partial charge < -0.3 is 20.1 Å². The minimum atomic E-state index is -0.620. The second-order valence-corrected chi connectivity index (χ2v) is 7.01. The van der Waals surface area contributed by atoms with Gasteiger partial charge in [0, 0.05) is 18.0 Å². The fraction of sp³-hybridized carbons (Fsp3) is 0.500. The molecule has 0 saturated carbocycles. The normalized spacial score (nSPS) is 12.0. The van der Waals surface area contributed by atoms with Gasteiger partial charge in [0.25, 0.3) is 0 Å². The standard InChI is InChI=1S/C18H25ClN2O5/c1-18(2,3)26-17(24)20-10-9-15(22)21-14(11-16(23)25-4)12-7-5-6-8-13(12)19/h5-8,14H,9-11H2,1-4H3,(H,20,24)(H,21,22). The zero-order chi connectivity index (χ0) is 19.7. The van der Waals surface area contributed by atoms with E-state index < -0.39 is 23.7 Å². The summed E-state index contributed by atoms with van der Waals surface area (Å²) in [6.07, 6.45) is -0.616. The zero-order valence-electron chi connectivity index (χ0n) is 15.4. The second kappa shape index (κ2) is 10.0. The average molecular weight is 385 g/mol. The number of esters is 1. The van der Waals surface area contributed by atoms with Crippen molar-refractivity contribution < 1.29 is 23.9 Å². The van der Waals surface area contributed by atoms with E-state index >= 15 is 0 Å². The lowest BCUT2D eigenvalue weighted by atomic mass is 10.0. The van der Waals surface area contributed by atoms with Gasteiger partial charge in [-0.05, 0) is 32.4 Å². The number of alkyl carbamates (subject to hydrolysis) is 1. The van der Waals surface area contributed by atoms with Crippen LogP contribution >= 0.6 is 11.6 Å². The first kappa shape index (κ1) is 21.8. The molecule has 26 heavy (non-hydrogen) atoms. The predicted octanol–water partition coefficient (Wildman–Crippen LogP) is 2.98. The van der Waals surface area contributed by atoms with Crippen molar-refractivity contribution >= 4 is 29.6 Å². The number of amides is 2. The summed E-state index contributed by atoms with van der Waals surface area (Å²) in [5.41, 5.74) is 0.00942. The monoisotopic (exact) mass is 384 g/mol. The lowest BCUT2D eigenvalue weighted by molar-refractivity contribution is -0.141. The van der Waals surface area contributed by atoms with Crippen LogP contribution < -0.4 is 10.6 Å². The molecule has 0 fully saturated rings. The average Bonchev–Trinajstić information content (AvgIpc) is 2.52. The third-order valence-corrected chi connectivity index (χ3v) is 3.58. The molecule has 1 aromatic rings. The first-order chi connectivity index (χ1) is 12.1. The Morgan fingerprint density at radius 2 is 1.85 bits per heavy atom. The summed E-state index contributed by atoms with van der Waals surface area (Å²) in [5.74, 6) is -0.808. The minimum Gasteiger partial charge on any atom is -0.469 e. The van der Waals surface area contributed by atoms with Crippen LogP contribution in [0.25, 0.3) is 0 Å². The Balaban J connectivity index is 2.62. The van der Waals surface area contributed by atoms with Crippen LogP contribution in [0.1, 0.15) is 45.2 Å². The highest BCUT2D eigenvalue weighted by Crippen LogP contribution is 2.25. The highest BCUT2D eigenvalue weighted by Gasteiger charge is 2.21. The molecule has 7 nitrogen and oxygen atoms in total.